The maximum atomic E-state index is 12.9. The lowest BCUT2D eigenvalue weighted by molar-refractivity contribution is -0.137. The number of nitrogens with zero attached hydrogens (tertiary/aromatic N) is 1. The Hall–Kier alpha value is -1.74. The van der Waals surface area contributed by atoms with Gasteiger partial charge < -0.3 is 10.1 Å². The molecule has 0 aliphatic carbocycles. The van der Waals surface area contributed by atoms with E-state index in [-0.39, 0.29) is 11.6 Å². The fraction of sp³-hybridized carbons (Fsp3) is 0.500. The Bertz CT molecular complexity index is 516. The third-order valence-corrected chi connectivity index (χ3v) is 3.51. The topological polar surface area (TPSA) is 45.0 Å². The summed E-state index contributed by atoms with van der Waals surface area (Å²) >= 11 is 0. The number of ether oxygens (including phenoxy) is 1. The second kappa shape index (κ2) is 5.71. The van der Waals surface area contributed by atoms with Crippen LogP contribution in [-0.2, 0) is 10.9 Å². The van der Waals surface area contributed by atoms with E-state index in [9.17, 15) is 13.2 Å². The second-order valence-corrected chi connectivity index (χ2v) is 4.93. The molecule has 1 N–H and O–H groups in total. The third-order valence-electron chi connectivity index (χ3n) is 3.51. The first-order valence-electron chi connectivity index (χ1n) is 6.37. The van der Waals surface area contributed by atoms with Crippen LogP contribution in [0.2, 0.25) is 0 Å². The van der Waals surface area contributed by atoms with E-state index >= 15 is 0 Å². The fourth-order valence-corrected chi connectivity index (χ4v) is 2.29. The van der Waals surface area contributed by atoms with Crippen LogP contribution in [0.4, 0.5) is 18.9 Å². The maximum Gasteiger partial charge on any atom is 0.417 e. The third kappa shape index (κ3) is 3.23. The molecule has 6 heteroatoms. The molecule has 1 aliphatic rings. The zero-order valence-corrected chi connectivity index (χ0v) is 11.0. The minimum absolute atomic E-state index is 0.0199. The molecular formula is C14H15F3N2O. The molecule has 0 spiro atoms. The van der Waals surface area contributed by atoms with Crippen molar-refractivity contribution in [2.45, 2.75) is 25.6 Å². The fourth-order valence-electron chi connectivity index (χ4n) is 2.29. The summed E-state index contributed by atoms with van der Waals surface area (Å²) in [4.78, 5) is 0. The predicted octanol–water partition coefficient (Wildman–Crippen LogP) is 3.41. The van der Waals surface area contributed by atoms with Gasteiger partial charge in [-0.05, 0) is 31.5 Å². The van der Waals surface area contributed by atoms with Gasteiger partial charge in [-0.2, -0.15) is 18.4 Å². The van der Waals surface area contributed by atoms with Crippen molar-refractivity contribution in [3.63, 3.8) is 0 Å². The first kappa shape index (κ1) is 14.7. The molecule has 0 amide bonds. The molecule has 3 nitrogen and oxygen atoms in total. The van der Waals surface area contributed by atoms with Gasteiger partial charge in [0, 0.05) is 24.3 Å². The summed E-state index contributed by atoms with van der Waals surface area (Å²) < 4.78 is 43.8. The molecular weight excluding hydrogens is 269 g/mol. The molecule has 1 aliphatic heterocycles. The van der Waals surface area contributed by atoms with Crippen molar-refractivity contribution in [2.75, 3.05) is 18.5 Å². The van der Waals surface area contributed by atoms with E-state index in [4.69, 9.17) is 10.00 Å². The van der Waals surface area contributed by atoms with E-state index in [1.54, 1.807) is 6.07 Å². The van der Waals surface area contributed by atoms with Crippen LogP contribution in [0.15, 0.2) is 18.2 Å². The summed E-state index contributed by atoms with van der Waals surface area (Å²) in [6.45, 7) is 3.24. The SMILES string of the molecule is CC(Nc1ccc(C#N)c(C(F)(F)F)c1)C1CCOC1. The van der Waals surface area contributed by atoms with Crippen molar-refractivity contribution in [1.29, 1.82) is 5.26 Å². The van der Waals surface area contributed by atoms with Gasteiger partial charge in [0.25, 0.3) is 0 Å². The van der Waals surface area contributed by atoms with Crippen LogP contribution in [0.25, 0.3) is 0 Å². The van der Waals surface area contributed by atoms with Crippen molar-refractivity contribution < 1.29 is 17.9 Å². The Morgan fingerprint density at radius 1 is 1.45 bits per heavy atom. The Morgan fingerprint density at radius 3 is 2.75 bits per heavy atom. The van der Waals surface area contributed by atoms with Crippen LogP contribution in [0, 0.1) is 17.2 Å². The van der Waals surface area contributed by atoms with Crippen molar-refractivity contribution in [2.24, 2.45) is 5.92 Å². The number of anilines is 1. The molecule has 20 heavy (non-hydrogen) atoms. The highest BCUT2D eigenvalue weighted by molar-refractivity contribution is 5.53. The predicted molar refractivity (Wildman–Crippen MR) is 68.2 cm³/mol. The largest absolute Gasteiger partial charge is 0.417 e. The highest BCUT2D eigenvalue weighted by atomic mass is 19.4. The zero-order valence-electron chi connectivity index (χ0n) is 11.0. The summed E-state index contributed by atoms with van der Waals surface area (Å²) in [7, 11) is 0. The molecule has 0 saturated carbocycles. The van der Waals surface area contributed by atoms with Crippen LogP contribution < -0.4 is 5.32 Å². The van der Waals surface area contributed by atoms with E-state index < -0.39 is 11.7 Å². The molecule has 0 radical (unpaired) electrons. The first-order valence-corrected chi connectivity index (χ1v) is 6.37. The van der Waals surface area contributed by atoms with E-state index in [1.165, 1.54) is 12.1 Å². The molecule has 2 atom stereocenters. The number of nitrogens with one attached hydrogen (secondary N) is 1. The Labute approximate surface area is 115 Å². The number of rotatable bonds is 3. The lowest BCUT2D eigenvalue weighted by Gasteiger charge is -2.21. The van der Waals surface area contributed by atoms with Crippen molar-refractivity contribution in [3.05, 3.63) is 29.3 Å². The highest BCUT2D eigenvalue weighted by Crippen LogP contribution is 2.34. The Kier molecular flexibility index (Phi) is 4.19. The molecule has 1 aromatic carbocycles. The Balaban J connectivity index is 2.19. The minimum Gasteiger partial charge on any atom is -0.382 e. The molecule has 108 valence electrons. The van der Waals surface area contributed by atoms with Crippen molar-refractivity contribution >= 4 is 5.69 Å². The standard InChI is InChI=1S/C14H15F3N2O/c1-9(11-4-5-20-8-11)19-12-3-2-10(7-18)13(6-12)14(15,16)17/h2-3,6,9,11,19H,4-5,8H2,1H3. The van der Waals surface area contributed by atoms with E-state index in [1.807, 2.05) is 6.92 Å². The average molecular weight is 284 g/mol. The summed E-state index contributed by atoms with van der Waals surface area (Å²) in [5, 5.41) is 11.8. The molecule has 1 aromatic rings. The second-order valence-electron chi connectivity index (χ2n) is 4.93. The van der Waals surface area contributed by atoms with Gasteiger partial charge in [0.1, 0.15) is 0 Å². The lowest BCUT2D eigenvalue weighted by Crippen LogP contribution is -2.26. The summed E-state index contributed by atoms with van der Waals surface area (Å²) in [5.41, 5.74) is -0.893. The van der Waals surface area contributed by atoms with E-state index in [0.717, 1.165) is 12.5 Å². The lowest BCUT2D eigenvalue weighted by atomic mass is 10.00. The van der Waals surface area contributed by atoms with Crippen LogP contribution in [0.1, 0.15) is 24.5 Å². The monoisotopic (exact) mass is 284 g/mol. The molecule has 2 rings (SSSR count). The van der Waals surface area contributed by atoms with Gasteiger partial charge in [-0.15, -0.1) is 0 Å². The van der Waals surface area contributed by atoms with Gasteiger partial charge in [-0.3, -0.25) is 0 Å². The van der Waals surface area contributed by atoms with Gasteiger partial charge in [-0.25, -0.2) is 0 Å². The number of benzene rings is 1. The number of hydrogen-bond acceptors (Lipinski definition) is 3. The molecule has 2 unspecified atom stereocenters. The average Bonchev–Trinajstić information content (AvgIpc) is 2.91. The van der Waals surface area contributed by atoms with E-state index in [2.05, 4.69) is 5.32 Å². The minimum atomic E-state index is -4.53. The molecule has 1 saturated heterocycles. The van der Waals surface area contributed by atoms with Gasteiger partial charge in [0.15, 0.2) is 0 Å². The van der Waals surface area contributed by atoms with Crippen molar-refractivity contribution in [1.82, 2.24) is 0 Å². The van der Waals surface area contributed by atoms with Crippen LogP contribution in [0.3, 0.4) is 0 Å². The summed E-state index contributed by atoms with van der Waals surface area (Å²) in [6, 6.07) is 5.28. The van der Waals surface area contributed by atoms with Gasteiger partial charge in [0.2, 0.25) is 0 Å². The first-order chi connectivity index (χ1) is 9.41. The summed E-state index contributed by atoms with van der Waals surface area (Å²) in [6.07, 6.45) is -3.63. The number of alkyl halides is 3. The normalized spacial score (nSPS) is 20.4. The smallest absolute Gasteiger partial charge is 0.382 e. The quantitative estimate of drug-likeness (QED) is 0.925. The highest BCUT2D eigenvalue weighted by Gasteiger charge is 2.34. The molecule has 0 bridgehead atoms. The van der Waals surface area contributed by atoms with Gasteiger partial charge in [0.05, 0.1) is 23.8 Å². The number of halogens is 3. The maximum absolute atomic E-state index is 12.9. The molecule has 1 fully saturated rings. The van der Waals surface area contributed by atoms with Gasteiger partial charge in [-0.1, -0.05) is 0 Å². The van der Waals surface area contributed by atoms with Crippen LogP contribution >= 0.6 is 0 Å². The van der Waals surface area contributed by atoms with Crippen LogP contribution in [-0.4, -0.2) is 19.3 Å². The number of hydrogen-bond donors (Lipinski definition) is 1. The molecule has 0 aromatic heterocycles. The summed E-state index contributed by atoms with van der Waals surface area (Å²) in [5.74, 6) is 0.292. The Morgan fingerprint density at radius 2 is 2.20 bits per heavy atom. The van der Waals surface area contributed by atoms with Crippen LogP contribution in [0.5, 0.6) is 0 Å². The zero-order chi connectivity index (χ0) is 14.8. The number of nitriles is 1. The van der Waals surface area contributed by atoms with Crippen molar-refractivity contribution in [3.8, 4) is 6.07 Å². The van der Waals surface area contributed by atoms with Gasteiger partial charge >= 0.3 is 6.18 Å². The molecule has 1 heterocycles. The van der Waals surface area contributed by atoms with E-state index in [0.29, 0.717) is 24.8 Å².